The average molecular weight is 368 g/mol. The molecule has 4 heteroatoms. The van der Waals surface area contributed by atoms with Crippen molar-refractivity contribution in [2.24, 2.45) is 5.41 Å². The minimum atomic E-state index is -0.190. The first-order chi connectivity index (χ1) is 12.6. The van der Waals surface area contributed by atoms with Crippen LogP contribution in [-0.4, -0.2) is 19.0 Å². The molecule has 1 aliphatic rings. The molecule has 1 N–H and O–H groups in total. The molecule has 1 aliphatic heterocycles. The molecule has 1 heterocycles. The van der Waals surface area contributed by atoms with Gasteiger partial charge in [0.2, 0.25) is 5.91 Å². The Morgan fingerprint density at radius 1 is 1.11 bits per heavy atom. The third kappa shape index (κ3) is 4.68. The number of carbonyl (C=O) groups excluding carboxylic acids is 1. The van der Waals surface area contributed by atoms with Crippen LogP contribution in [0.25, 0.3) is 0 Å². The minimum absolute atomic E-state index is 0.0289. The summed E-state index contributed by atoms with van der Waals surface area (Å²) in [6.45, 7) is 12.1. The second kappa shape index (κ2) is 7.34. The summed E-state index contributed by atoms with van der Waals surface area (Å²) in [7, 11) is 0. The third-order valence-corrected chi connectivity index (χ3v) is 5.06. The fraction of sp³-hybridized carbons (Fsp3) is 0.435. The van der Waals surface area contributed by atoms with Gasteiger partial charge in [-0.15, -0.1) is 0 Å². The van der Waals surface area contributed by atoms with Gasteiger partial charge in [-0.05, 0) is 60.2 Å². The Balaban J connectivity index is 1.67. The Bertz CT molecular complexity index is 807. The number of nitrogens with one attached hydrogen (secondary N) is 1. The number of aryl methyl sites for hydroxylation is 2. The van der Waals surface area contributed by atoms with Crippen molar-refractivity contribution in [1.82, 2.24) is 0 Å². The van der Waals surface area contributed by atoms with Crippen LogP contribution in [0.3, 0.4) is 0 Å². The maximum atomic E-state index is 13.1. The molecule has 1 amide bonds. The molecule has 0 bridgehead atoms. The highest BCUT2D eigenvalue weighted by molar-refractivity contribution is 5.93. The van der Waals surface area contributed by atoms with Crippen LogP contribution in [0, 0.1) is 25.1 Å². The number of hydrogen-bond donors (Lipinski definition) is 1. The van der Waals surface area contributed by atoms with Crippen molar-refractivity contribution >= 4 is 17.3 Å². The van der Waals surface area contributed by atoms with E-state index < -0.39 is 0 Å². The van der Waals surface area contributed by atoms with Gasteiger partial charge in [-0.3, -0.25) is 4.79 Å². The second-order valence-electron chi connectivity index (χ2n) is 8.89. The van der Waals surface area contributed by atoms with Crippen molar-refractivity contribution in [1.29, 1.82) is 0 Å². The molecule has 0 saturated carbocycles. The molecule has 3 rings (SSSR count). The van der Waals surface area contributed by atoms with Crippen molar-refractivity contribution in [2.75, 3.05) is 23.3 Å². The SMILES string of the molecule is Cc1cc(N2CC(c3ccc(F)cc3)C2)cc(C)c1NC(=O)CC(C)(C)C. The van der Waals surface area contributed by atoms with Gasteiger partial charge in [-0.25, -0.2) is 4.39 Å². The van der Waals surface area contributed by atoms with Gasteiger partial charge in [0, 0.05) is 36.8 Å². The first-order valence-corrected chi connectivity index (χ1v) is 9.54. The molecule has 1 fully saturated rings. The molecule has 2 aromatic carbocycles. The van der Waals surface area contributed by atoms with Crippen molar-refractivity contribution in [3.63, 3.8) is 0 Å². The zero-order valence-electron chi connectivity index (χ0n) is 16.9. The smallest absolute Gasteiger partial charge is 0.224 e. The Kier molecular flexibility index (Phi) is 5.27. The maximum Gasteiger partial charge on any atom is 0.224 e. The summed E-state index contributed by atoms with van der Waals surface area (Å²) in [6, 6.07) is 11.1. The summed E-state index contributed by atoms with van der Waals surface area (Å²) in [5.41, 5.74) is 5.42. The number of halogens is 1. The zero-order chi connectivity index (χ0) is 19.8. The molecular formula is C23H29FN2O. The van der Waals surface area contributed by atoms with E-state index in [1.807, 2.05) is 26.0 Å². The van der Waals surface area contributed by atoms with Gasteiger partial charge in [0.05, 0.1) is 0 Å². The lowest BCUT2D eigenvalue weighted by molar-refractivity contribution is -0.117. The maximum absolute atomic E-state index is 13.1. The van der Waals surface area contributed by atoms with Crippen molar-refractivity contribution < 1.29 is 9.18 Å². The van der Waals surface area contributed by atoms with Crippen molar-refractivity contribution in [3.05, 3.63) is 58.9 Å². The standard InChI is InChI=1S/C23H29FN2O/c1-15-10-20(11-16(2)22(15)25-21(27)12-23(3,4)5)26-13-18(14-26)17-6-8-19(24)9-7-17/h6-11,18H,12-14H2,1-5H3,(H,25,27). The first kappa shape index (κ1) is 19.4. The van der Waals surface area contributed by atoms with Crippen molar-refractivity contribution in [3.8, 4) is 0 Å². The molecule has 0 unspecified atom stereocenters. The van der Waals surface area contributed by atoms with Gasteiger partial charge >= 0.3 is 0 Å². The van der Waals surface area contributed by atoms with E-state index in [4.69, 9.17) is 0 Å². The molecule has 0 aliphatic carbocycles. The molecule has 3 nitrogen and oxygen atoms in total. The van der Waals surface area contributed by atoms with Gasteiger partial charge in [0.1, 0.15) is 5.82 Å². The second-order valence-corrected chi connectivity index (χ2v) is 8.89. The Morgan fingerprint density at radius 2 is 1.67 bits per heavy atom. The number of rotatable bonds is 4. The molecule has 2 aromatic rings. The summed E-state index contributed by atoms with van der Waals surface area (Å²) in [6.07, 6.45) is 0.499. The van der Waals surface area contributed by atoms with Crippen LogP contribution in [0.1, 0.15) is 49.8 Å². The molecule has 0 radical (unpaired) electrons. The van der Waals surface area contributed by atoms with Crippen LogP contribution < -0.4 is 10.2 Å². The highest BCUT2D eigenvalue weighted by Gasteiger charge is 2.29. The summed E-state index contributed by atoms with van der Waals surface area (Å²) in [5.74, 6) is 0.310. The molecular weight excluding hydrogens is 339 g/mol. The van der Waals surface area contributed by atoms with Crippen LogP contribution in [-0.2, 0) is 4.79 Å². The van der Waals surface area contributed by atoms with Crippen LogP contribution in [0.15, 0.2) is 36.4 Å². The van der Waals surface area contributed by atoms with Gasteiger partial charge in [-0.2, -0.15) is 0 Å². The monoisotopic (exact) mass is 368 g/mol. The van der Waals surface area contributed by atoms with E-state index in [2.05, 4.69) is 43.1 Å². The number of nitrogens with zero attached hydrogens (tertiary/aromatic N) is 1. The predicted molar refractivity (Wildman–Crippen MR) is 110 cm³/mol. The van der Waals surface area contributed by atoms with Crippen LogP contribution in [0.2, 0.25) is 0 Å². The summed E-state index contributed by atoms with van der Waals surface area (Å²) >= 11 is 0. The lowest BCUT2D eigenvalue weighted by Gasteiger charge is -2.42. The molecule has 27 heavy (non-hydrogen) atoms. The van der Waals surface area contributed by atoms with Gasteiger partial charge < -0.3 is 10.2 Å². The summed E-state index contributed by atoms with van der Waals surface area (Å²) in [5, 5.41) is 3.08. The Labute approximate surface area is 161 Å². The molecule has 0 atom stereocenters. The highest BCUT2D eigenvalue weighted by Crippen LogP contribution is 2.35. The summed E-state index contributed by atoms with van der Waals surface area (Å²) in [4.78, 5) is 14.6. The van der Waals surface area contributed by atoms with E-state index in [1.165, 1.54) is 23.4 Å². The predicted octanol–water partition coefficient (Wildman–Crippen LogP) is 5.42. The van der Waals surface area contributed by atoms with Crippen LogP contribution in [0.5, 0.6) is 0 Å². The van der Waals surface area contributed by atoms with E-state index >= 15 is 0 Å². The Morgan fingerprint density at radius 3 is 2.19 bits per heavy atom. The van der Waals surface area contributed by atoms with Crippen molar-refractivity contribution in [2.45, 2.75) is 47.0 Å². The van der Waals surface area contributed by atoms with E-state index in [0.717, 1.165) is 29.9 Å². The fourth-order valence-corrected chi connectivity index (χ4v) is 3.62. The lowest BCUT2D eigenvalue weighted by atomic mass is 9.90. The third-order valence-electron chi connectivity index (χ3n) is 5.06. The van der Waals surface area contributed by atoms with E-state index in [1.54, 1.807) is 0 Å². The number of amides is 1. The number of benzene rings is 2. The molecule has 1 saturated heterocycles. The summed E-state index contributed by atoms with van der Waals surface area (Å²) < 4.78 is 13.1. The normalized spacial score (nSPS) is 14.8. The van der Waals surface area contributed by atoms with E-state index in [-0.39, 0.29) is 17.1 Å². The first-order valence-electron chi connectivity index (χ1n) is 9.54. The zero-order valence-corrected chi connectivity index (χ0v) is 16.9. The fourth-order valence-electron chi connectivity index (χ4n) is 3.62. The molecule has 0 aromatic heterocycles. The van der Waals surface area contributed by atoms with Crippen LogP contribution >= 0.6 is 0 Å². The minimum Gasteiger partial charge on any atom is -0.370 e. The molecule has 144 valence electrons. The average Bonchev–Trinajstić information content (AvgIpc) is 2.50. The number of hydrogen-bond acceptors (Lipinski definition) is 2. The highest BCUT2D eigenvalue weighted by atomic mass is 19.1. The quantitative estimate of drug-likeness (QED) is 0.781. The molecule has 0 spiro atoms. The largest absolute Gasteiger partial charge is 0.370 e. The number of carbonyl (C=O) groups is 1. The van der Waals surface area contributed by atoms with E-state index in [9.17, 15) is 9.18 Å². The Hall–Kier alpha value is -2.36. The van der Waals surface area contributed by atoms with Crippen LogP contribution in [0.4, 0.5) is 15.8 Å². The van der Waals surface area contributed by atoms with Gasteiger partial charge in [0.25, 0.3) is 0 Å². The number of anilines is 2. The van der Waals surface area contributed by atoms with E-state index in [0.29, 0.717) is 12.3 Å². The topological polar surface area (TPSA) is 32.3 Å². The van der Waals surface area contributed by atoms with Gasteiger partial charge in [-0.1, -0.05) is 32.9 Å². The van der Waals surface area contributed by atoms with Gasteiger partial charge in [0.15, 0.2) is 0 Å². The lowest BCUT2D eigenvalue weighted by Crippen LogP contribution is -2.45.